The van der Waals surface area contributed by atoms with Gasteiger partial charge in [0.2, 0.25) is 0 Å². The number of ether oxygens (including phenoxy) is 2. The molecule has 0 unspecified atom stereocenters. The number of anilines is 2. The van der Waals surface area contributed by atoms with Gasteiger partial charge in [0.05, 0.1) is 37.8 Å². The first-order chi connectivity index (χ1) is 12.7. The van der Waals surface area contributed by atoms with Gasteiger partial charge in [-0.3, -0.25) is 4.79 Å². The van der Waals surface area contributed by atoms with Crippen molar-refractivity contribution in [3.8, 4) is 0 Å². The highest BCUT2D eigenvalue weighted by Crippen LogP contribution is 2.15. The van der Waals surface area contributed by atoms with Crippen molar-refractivity contribution in [2.75, 3.05) is 38.2 Å². The van der Waals surface area contributed by atoms with Crippen molar-refractivity contribution in [1.82, 2.24) is 14.9 Å². The Morgan fingerprint density at radius 2 is 1.88 bits per heavy atom. The fourth-order valence-corrected chi connectivity index (χ4v) is 2.48. The summed E-state index contributed by atoms with van der Waals surface area (Å²) in [5.74, 6) is 0.00312. The van der Waals surface area contributed by atoms with Crippen LogP contribution in [0.3, 0.4) is 0 Å². The summed E-state index contributed by atoms with van der Waals surface area (Å²) in [7, 11) is 0. The second kappa shape index (κ2) is 8.39. The smallest absolute Gasteiger partial charge is 0.338 e. The third-order valence-electron chi connectivity index (χ3n) is 3.84. The Hall–Kier alpha value is -3.00. The maximum atomic E-state index is 12.3. The maximum Gasteiger partial charge on any atom is 0.338 e. The summed E-state index contributed by atoms with van der Waals surface area (Å²) < 4.78 is 10.2. The van der Waals surface area contributed by atoms with Gasteiger partial charge in [0, 0.05) is 18.8 Å². The van der Waals surface area contributed by atoms with Crippen LogP contribution in [0, 0.1) is 0 Å². The largest absolute Gasteiger partial charge is 0.462 e. The van der Waals surface area contributed by atoms with Crippen molar-refractivity contribution >= 4 is 23.4 Å². The first kappa shape index (κ1) is 17.8. The number of aromatic nitrogens is 2. The average Bonchev–Trinajstić information content (AvgIpc) is 2.69. The minimum absolute atomic E-state index is 0.147. The highest BCUT2D eigenvalue weighted by atomic mass is 16.5. The van der Waals surface area contributed by atoms with Gasteiger partial charge in [0.15, 0.2) is 0 Å². The summed E-state index contributed by atoms with van der Waals surface area (Å²) in [5.41, 5.74) is 1.53. The van der Waals surface area contributed by atoms with Crippen molar-refractivity contribution < 1.29 is 19.1 Å². The minimum atomic E-state index is -0.357. The van der Waals surface area contributed by atoms with E-state index in [4.69, 9.17) is 9.47 Å². The number of hydrogen-bond acceptors (Lipinski definition) is 7. The van der Waals surface area contributed by atoms with Crippen LogP contribution in [0.1, 0.15) is 27.8 Å². The second-order valence-corrected chi connectivity index (χ2v) is 5.61. The predicted molar refractivity (Wildman–Crippen MR) is 94.4 cm³/mol. The van der Waals surface area contributed by atoms with Gasteiger partial charge in [0.1, 0.15) is 11.5 Å². The lowest BCUT2D eigenvalue weighted by atomic mass is 10.2. The average molecular weight is 356 g/mol. The molecule has 8 heteroatoms. The Bertz CT molecular complexity index is 756. The molecular weight excluding hydrogens is 336 g/mol. The number of rotatable bonds is 5. The van der Waals surface area contributed by atoms with E-state index in [-0.39, 0.29) is 11.9 Å². The number of nitrogens with zero attached hydrogens (tertiary/aromatic N) is 3. The van der Waals surface area contributed by atoms with Crippen LogP contribution >= 0.6 is 0 Å². The van der Waals surface area contributed by atoms with E-state index >= 15 is 0 Å². The van der Waals surface area contributed by atoms with E-state index in [1.165, 1.54) is 12.4 Å². The molecular formula is C18H20N4O4. The molecule has 26 heavy (non-hydrogen) atoms. The number of carbonyl (C=O) groups is 2. The molecule has 0 aliphatic carbocycles. The summed E-state index contributed by atoms with van der Waals surface area (Å²) in [6, 6.07) is 6.84. The summed E-state index contributed by atoms with van der Waals surface area (Å²) >= 11 is 0. The summed E-state index contributed by atoms with van der Waals surface area (Å²) in [6.07, 6.45) is 2.96. The molecule has 1 N–H and O–H groups in total. The first-order valence-corrected chi connectivity index (χ1v) is 8.40. The number of amides is 1. The fraction of sp³-hybridized carbons (Fsp3) is 0.333. The van der Waals surface area contributed by atoms with Crippen LogP contribution in [0.15, 0.2) is 36.7 Å². The van der Waals surface area contributed by atoms with Crippen molar-refractivity contribution in [2.24, 2.45) is 0 Å². The van der Waals surface area contributed by atoms with E-state index in [0.29, 0.717) is 50.0 Å². The monoisotopic (exact) mass is 356 g/mol. The van der Waals surface area contributed by atoms with Crippen LogP contribution in [0.4, 0.5) is 11.5 Å². The van der Waals surface area contributed by atoms with Gasteiger partial charge in [-0.2, -0.15) is 0 Å². The number of esters is 1. The molecule has 1 fully saturated rings. The van der Waals surface area contributed by atoms with E-state index in [1.807, 2.05) is 0 Å². The Morgan fingerprint density at radius 1 is 1.15 bits per heavy atom. The molecule has 1 aliphatic rings. The first-order valence-electron chi connectivity index (χ1n) is 8.40. The number of benzene rings is 1. The Labute approximate surface area is 151 Å². The summed E-state index contributed by atoms with van der Waals surface area (Å²) in [5, 5.41) is 3.08. The lowest BCUT2D eigenvalue weighted by Crippen LogP contribution is -2.41. The van der Waals surface area contributed by atoms with Crippen LogP contribution in [0.2, 0.25) is 0 Å². The maximum absolute atomic E-state index is 12.3. The van der Waals surface area contributed by atoms with Gasteiger partial charge >= 0.3 is 5.97 Å². The third-order valence-corrected chi connectivity index (χ3v) is 3.84. The minimum Gasteiger partial charge on any atom is -0.462 e. The lowest BCUT2D eigenvalue weighted by Gasteiger charge is -2.26. The van der Waals surface area contributed by atoms with Crippen LogP contribution in [0.5, 0.6) is 0 Å². The fourth-order valence-electron chi connectivity index (χ4n) is 2.48. The molecule has 8 nitrogen and oxygen atoms in total. The molecule has 1 aliphatic heterocycles. The topological polar surface area (TPSA) is 93.6 Å². The highest BCUT2D eigenvalue weighted by Gasteiger charge is 2.19. The molecule has 0 atom stereocenters. The zero-order chi connectivity index (χ0) is 18.4. The molecule has 136 valence electrons. The molecule has 3 rings (SSSR count). The quantitative estimate of drug-likeness (QED) is 0.817. The van der Waals surface area contributed by atoms with Crippen molar-refractivity contribution in [3.63, 3.8) is 0 Å². The molecule has 1 aromatic heterocycles. The number of nitrogens with one attached hydrogen (secondary N) is 1. The molecule has 1 amide bonds. The number of hydrogen-bond donors (Lipinski definition) is 1. The Kier molecular flexibility index (Phi) is 5.75. The van der Waals surface area contributed by atoms with Crippen molar-refractivity contribution in [3.05, 3.63) is 47.9 Å². The van der Waals surface area contributed by atoms with Gasteiger partial charge in [0.25, 0.3) is 5.91 Å². The van der Waals surface area contributed by atoms with E-state index in [9.17, 15) is 9.59 Å². The van der Waals surface area contributed by atoms with Crippen molar-refractivity contribution in [1.29, 1.82) is 0 Å². The molecule has 2 heterocycles. The van der Waals surface area contributed by atoms with Crippen LogP contribution < -0.4 is 5.32 Å². The molecule has 0 radical (unpaired) electrons. The third kappa shape index (κ3) is 4.34. The van der Waals surface area contributed by atoms with Crippen LogP contribution in [0.25, 0.3) is 0 Å². The lowest BCUT2D eigenvalue weighted by molar-refractivity contribution is 0.0298. The van der Waals surface area contributed by atoms with E-state index in [1.54, 1.807) is 36.1 Å². The van der Waals surface area contributed by atoms with E-state index in [0.717, 1.165) is 5.69 Å². The molecule has 0 spiro atoms. The predicted octanol–water partition coefficient (Wildman–Crippen LogP) is 1.87. The summed E-state index contributed by atoms with van der Waals surface area (Å²) in [6.45, 7) is 4.31. The number of morpholine rings is 1. The zero-order valence-electron chi connectivity index (χ0n) is 14.5. The zero-order valence-corrected chi connectivity index (χ0v) is 14.5. The van der Waals surface area contributed by atoms with Gasteiger partial charge < -0.3 is 19.7 Å². The van der Waals surface area contributed by atoms with Crippen molar-refractivity contribution in [2.45, 2.75) is 6.92 Å². The molecule has 2 aromatic rings. The normalized spacial score (nSPS) is 14.0. The van der Waals surface area contributed by atoms with Gasteiger partial charge in [-0.05, 0) is 31.2 Å². The second-order valence-electron chi connectivity index (χ2n) is 5.61. The molecule has 0 saturated carbocycles. The molecule has 0 bridgehead atoms. The van der Waals surface area contributed by atoms with Crippen LogP contribution in [-0.2, 0) is 9.47 Å². The molecule has 1 aromatic carbocycles. The van der Waals surface area contributed by atoms with Gasteiger partial charge in [-0.15, -0.1) is 0 Å². The van der Waals surface area contributed by atoms with Crippen LogP contribution in [-0.4, -0.2) is 59.7 Å². The Morgan fingerprint density at radius 3 is 2.50 bits per heavy atom. The standard InChI is InChI=1S/C18H20N4O4/c1-2-26-18(24)13-3-5-14(6-4-13)21-16-12-19-15(11-20-16)17(23)22-7-9-25-10-8-22/h3-6,11-12H,2,7-10H2,1H3,(H,20,21). The van der Waals surface area contributed by atoms with E-state index in [2.05, 4.69) is 15.3 Å². The van der Waals surface area contributed by atoms with Gasteiger partial charge in [-0.1, -0.05) is 0 Å². The van der Waals surface area contributed by atoms with Gasteiger partial charge in [-0.25, -0.2) is 14.8 Å². The Balaban J connectivity index is 1.62. The summed E-state index contributed by atoms with van der Waals surface area (Å²) in [4.78, 5) is 34.1. The SMILES string of the molecule is CCOC(=O)c1ccc(Nc2cnc(C(=O)N3CCOCC3)cn2)cc1. The number of carbonyl (C=O) groups excluding carboxylic acids is 2. The highest BCUT2D eigenvalue weighted by molar-refractivity contribution is 5.92. The molecule has 1 saturated heterocycles. The van der Waals surface area contributed by atoms with E-state index < -0.39 is 0 Å².